The van der Waals surface area contributed by atoms with E-state index in [1.165, 1.54) is 19.8 Å². The maximum atomic E-state index is 12.0. The van der Waals surface area contributed by atoms with Gasteiger partial charge in [-0.2, -0.15) is 0 Å². The lowest BCUT2D eigenvalue weighted by Gasteiger charge is -2.25. The van der Waals surface area contributed by atoms with Gasteiger partial charge in [0.05, 0.1) is 12.9 Å². The quantitative estimate of drug-likeness (QED) is 0.447. The third-order valence-corrected chi connectivity index (χ3v) is 5.09. The highest BCUT2D eigenvalue weighted by Crippen LogP contribution is 2.48. The Kier molecular flexibility index (Phi) is 6.26. The summed E-state index contributed by atoms with van der Waals surface area (Å²) in [6.45, 7) is -0.0267. The Hall–Kier alpha value is -2.10. The highest BCUT2D eigenvalue weighted by atomic mass is 31.2. The molecule has 5 atom stereocenters. The van der Waals surface area contributed by atoms with Gasteiger partial charge in [-0.25, -0.2) is 19.5 Å². The molecule has 0 radical (unpaired) electrons. The fourth-order valence-corrected chi connectivity index (χ4v) is 3.58. The second-order valence-corrected chi connectivity index (χ2v) is 7.32. The van der Waals surface area contributed by atoms with Gasteiger partial charge in [-0.1, -0.05) is 5.92 Å². The van der Waals surface area contributed by atoms with Crippen molar-refractivity contribution in [3.63, 3.8) is 0 Å². The van der Waals surface area contributed by atoms with E-state index in [1.54, 1.807) is 4.57 Å². The van der Waals surface area contributed by atoms with Gasteiger partial charge < -0.3 is 24.8 Å². The number of phosphoric acid groups is 1. The van der Waals surface area contributed by atoms with Gasteiger partial charge in [0.2, 0.25) is 0 Å². The number of nitrogen functional groups attached to an aromatic ring is 1. The number of hydrogen-bond acceptors (Lipinski definition) is 10. The molecule has 12 nitrogen and oxygen atoms in total. The summed E-state index contributed by atoms with van der Waals surface area (Å²) in [7, 11) is -1.84. The van der Waals surface area contributed by atoms with E-state index in [-0.39, 0.29) is 19.0 Å². The van der Waals surface area contributed by atoms with Crippen LogP contribution in [0.5, 0.6) is 0 Å². The van der Waals surface area contributed by atoms with Crippen molar-refractivity contribution in [1.29, 1.82) is 0 Å². The van der Waals surface area contributed by atoms with Gasteiger partial charge in [-0.05, 0) is 0 Å². The molecule has 2 aromatic heterocycles. The van der Waals surface area contributed by atoms with Crippen molar-refractivity contribution < 1.29 is 32.7 Å². The Bertz CT molecular complexity index is 916. The molecule has 2 aromatic rings. The maximum absolute atomic E-state index is 12.0. The van der Waals surface area contributed by atoms with E-state index in [2.05, 4.69) is 25.4 Å². The number of terminal acetylenes is 1. The van der Waals surface area contributed by atoms with Crippen LogP contribution in [0.4, 0.5) is 5.82 Å². The summed E-state index contributed by atoms with van der Waals surface area (Å²) >= 11 is 0. The topological polar surface area (TPSA) is 153 Å². The van der Waals surface area contributed by atoms with Crippen molar-refractivity contribution in [2.24, 2.45) is 0 Å². The van der Waals surface area contributed by atoms with Crippen molar-refractivity contribution in [1.82, 2.24) is 19.5 Å². The largest absolute Gasteiger partial charge is 0.472 e. The predicted octanol–water partition coefficient (Wildman–Crippen LogP) is 0.103. The number of nitrogens with two attached hydrogens (primary N) is 1. The van der Waals surface area contributed by atoms with E-state index in [9.17, 15) is 9.46 Å². The summed E-state index contributed by atoms with van der Waals surface area (Å²) in [5.41, 5.74) is 6.60. The van der Waals surface area contributed by atoms with Gasteiger partial charge >= 0.3 is 7.82 Å². The summed E-state index contributed by atoms with van der Waals surface area (Å²) in [6.07, 6.45) is 4.54. The van der Waals surface area contributed by atoms with Gasteiger partial charge in [0.25, 0.3) is 0 Å². The number of fused-ring (bicyclic) bond motifs is 1. The third-order valence-electron chi connectivity index (χ3n) is 4.12. The second kappa shape index (κ2) is 8.50. The molecule has 3 heterocycles. The summed E-state index contributed by atoms with van der Waals surface area (Å²) < 4.78 is 40.2. The number of ether oxygens (including phenoxy) is 3. The summed E-state index contributed by atoms with van der Waals surface area (Å²) in [5.74, 6) is 2.55. The van der Waals surface area contributed by atoms with Crippen LogP contribution in [0.3, 0.4) is 0 Å². The van der Waals surface area contributed by atoms with Crippen LogP contribution < -0.4 is 5.73 Å². The van der Waals surface area contributed by atoms with E-state index in [0.29, 0.717) is 11.2 Å². The zero-order chi connectivity index (χ0) is 20.3. The Morgan fingerprint density at radius 3 is 2.86 bits per heavy atom. The number of imidazole rings is 1. The molecule has 0 spiro atoms. The minimum atomic E-state index is -4.35. The van der Waals surface area contributed by atoms with Gasteiger partial charge in [0.1, 0.15) is 36.8 Å². The number of aromatic nitrogens is 4. The first-order valence-corrected chi connectivity index (χ1v) is 9.60. The van der Waals surface area contributed by atoms with E-state index in [4.69, 9.17) is 30.9 Å². The lowest BCUT2D eigenvalue weighted by molar-refractivity contribution is -0.0670. The first-order chi connectivity index (χ1) is 13.4. The van der Waals surface area contributed by atoms with Crippen LogP contribution in [-0.4, -0.2) is 70.2 Å². The van der Waals surface area contributed by atoms with Crippen molar-refractivity contribution in [2.75, 3.05) is 33.2 Å². The number of methoxy groups -OCH3 is 1. The average Bonchev–Trinajstić information content (AvgIpc) is 3.23. The fourth-order valence-electron chi connectivity index (χ4n) is 2.93. The minimum Gasteiger partial charge on any atom is -0.382 e. The number of phosphoric ester groups is 1. The SMILES string of the molecule is C#CCO[C@H]1C(OP(=O)(O)OC)[C@@H](COC)O[C@H]1n1cnc2c(N)ncnc21. The van der Waals surface area contributed by atoms with Crippen molar-refractivity contribution in [2.45, 2.75) is 24.5 Å². The van der Waals surface area contributed by atoms with E-state index < -0.39 is 32.4 Å². The molecule has 3 N–H and O–H groups in total. The van der Waals surface area contributed by atoms with Crippen molar-refractivity contribution in [3.8, 4) is 12.3 Å². The number of nitrogens with zero attached hydrogens (tertiary/aromatic N) is 4. The number of rotatable bonds is 8. The van der Waals surface area contributed by atoms with Crippen LogP contribution >= 0.6 is 7.82 Å². The number of anilines is 1. The van der Waals surface area contributed by atoms with Crippen LogP contribution in [0.1, 0.15) is 6.23 Å². The highest BCUT2D eigenvalue weighted by Gasteiger charge is 2.50. The van der Waals surface area contributed by atoms with Gasteiger partial charge in [0, 0.05) is 14.2 Å². The zero-order valence-corrected chi connectivity index (χ0v) is 16.1. The van der Waals surface area contributed by atoms with Crippen LogP contribution in [0.2, 0.25) is 0 Å². The lowest BCUT2D eigenvalue weighted by atomic mass is 10.1. The molecule has 1 saturated heterocycles. The van der Waals surface area contributed by atoms with E-state index >= 15 is 0 Å². The maximum Gasteiger partial charge on any atom is 0.472 e. The Morgan fingerprint density at radius 2 is 2.18 bits per heavy atom. The summed E-state index contributed by atoms with van der Waals surface area (Å²) in [5, 5.41) is 0. The summed E-state index contributed by atoms with van der Waals surface area (Å²) in [6, 6.07) is 0. The van der Waals surface area contributed by atoms with Crippen LogP contribution in [-0.2, 0) is 27.8 Å². The van der Waals surface area contributed by atoms with Gasteiger partial charge in [-0.15, -0.1) is 6.42 Å². The number of hydrogen-bond donors (Lipinski definition) is 2. The Morgan fingerprint density at radius 1 is 1.39 bits per heavy atom. The second-order valence-electron chi connectivity index (χ2n) is 5.80. The molecular weight excluding hydrogens is 393 g/mol. The smallest absolute Gasteiger partial charge is 0.382 e. The molecule has 0 aliphatic carbocycles. The zero-order valence-electron chi connectivity index (χ0n) is 15.2. The predicted molar refractivity (Wildman–Crippen MR) is 95.8 cm³/mol. The molecule has 13 heteroatoms. The van der Waals surface area contributed by atoms with Crippen molar-refractivity contribution in [3.05, 3.63) is 12.7 Å². The average molecular weight is 413 g/mol. The fraction of sp³-hybridized carbons (Fsp3) is 0.533. The monoisotopic (exact) mass is 413 g/mol. The van der Waals surface area contributed by atoms with Crippen LogP contribution in [0, 0.1) is 12.3 Å². The molecule has 0 amide bonds. The molecule has 28 heavy (non-hydrogen) atoms. The molecule has 2 unspecified atom stereocenters. The normalized spacial score (nSPS) is 26.9. The molecule has 1 aliphatic heterocycles. The Labute approximate surface area is 160 Å². The molecule has 0 aromatic carbocycles. The van der Waals surface area contributed by atoms with Crippen LogP contribution in [0.15, 0.2) is 12.7 Å². The first-order valence-electron chi connectivity index (χ1n) is 8.11. The summed E-state index contributed by atoms with van der Waals surface area (Å²) in [4.78, 5) is 22.1. The standard InChI is InChI=1S/C15H20N5O7P/c1-4-5-25-12-11(27-28(21,22)24-3)9(6-23-2)26-15(12)20-8-19-10-13(16)17-7-18-14(10)20/h1,7-9,11-12,15H,5-6H2,2-3H3,(H,21,22)(H2,16,17,18)/t9-,11?,12+,15-/m1/s1. The van der Waals surface area contributed by atoms with Gasteiger partial charge in [-0.3, -0.25) is 13.6 Å². The molecule has 0 saturated carbocycles. The molecular formula is C15H20N5O7P. The molecule has 1 aliphatic rings. The van der Waals surface area contributed by atoms with E-state index in [1.807, 2.05) is 0 Å². The minimum absolute atomic E-state index is 0.0601. The lowest BCUT2D eigenvalue weighted by Crippen LogP contribution is -2.38. The molecule has 3 rings (SSSR count). The first kappa shape index (κ1) is 20.6. The van der Waals surface area contributed by atoms with Gasteiger partial charge in [0.15, 0.2) is 17.7 Å². The van der Waals surface area contributed by atoms with E-state index in [0.717, 1.165) is 7.11 Å². The molecule has 1 fully saturated rings. The third kappa shape index (κ3) is 4.01. The highest BCUT2D eigenvalue weighted by molar-refractivity contribution is 7.47. The molecule has 152 valence electrons. The van der Waals surface area contributed by atoms with Crippen LogP contribution in [0.25, 0.3) is 11.2 Å². The van der Waals surface area contributed by atoms with Crippen molar-refractivity contribution >= 4 is 24.8 Å². The molecule has 0 bridgehead atoms. The Balaban J connectivity index is 2.01.